The molecule has 8 heteroatoms. The predicted octanol–water partition coefficient (Wildman–Crippen LogP) is 4.24. The van der Waals surface area contributed by atoms with Crippen LogP contribution in [0.5, 0.6) is 17.2 Å². The molecule has 182 valence electrons. The lowest BCUT2D eigenvalue weighted by atomic mass is 9.69. The van der Waals surface area contributed by atoms with Crippen LogP contribution in [0.15, 0.2) is 66.7 Å². The summed E-state index contributed by atoms with van der Waals surface area (Å²) in [6.45, 7) is 0.135. The van der Waals surface area contributed by atoms with Gasteiger partial charge >= 0.3 is 0 Å². The number of amides is 1. The SMILES string of the molecule is COc1ccc2c(c1)[C@]1(C(=O)N2)[C@H](C(=O)c2ccc3c(c2)OCO3)[C@H](c2ccccc2)[C@H]2CSCN21. The van der Waals surface area contributed by atoms with Crippen molar-refractivity contribution in [2.75, 3.05) is 30.8 Å². The Kier molecular flexibility index (Phi) is 4.84. The van der Waals surface area contributed by atoms with Gasteiger partial charge in [-0.1, -0.05) is 30.3 Å². The zero-order valence-corrected chi connectivity index (χ0v) is 20.4. The monoisotopic (exact) mass is 500 g/mol. The number of nitrogens with one attached hydrogen (secondary N) is 1. The van der Waals surface area contributed by atoms with Crippen LogP contribution in [0.25, 0.3) is 0 Å². The molecule has 4 atom stereocenters. The minimum Gasteiger partial charge on any atom is -0.497 e. The van der Waals surface area contributed by atoms with Crippen molar-refractivity contribution >= 4 is 29.1 Å². The van der Waals surface area contributed by atoms with E-state index in [1.807, 2.05) is 36.4 Å². The van der Waals surface area contributed by atoms with E-state index < -0.39 is 11.5 Å². The third kappa shape index (κ3) is 2.85. The van der Waals surface area contributed by atoms with Crippen LogP contribution in [0.2, 0.25) is 0 Å². The molecule has 0 aliphatic carbocycles. The zero-order valence-electron chi connectivity index (χ0n) is 19.6. The second kappa shape index (κ2) is 8.01. The van der Waals surface area contributed by atoms with Crippen molar-refractivity contribution in [2.45, 2.75) is 17.5 Å². The van der Waals surface area contributed by atoms with Gasteiger partial charge in [0.1, 0.15) is 11.3 Å². The first kappa shape index (κ1) is 21.8. The molecule has 1 amide bonds. The summed E-state index contributed by atoms with van der Waals surface area (Å²) in [6, 6.07) is 21.1. The molecular weight excluding hydrogens is 476 g/mol. The molecule has 1 N–H and O–H groups in total. The molecule has 7 nitrogen and oxygen atoms in total. The van der Waals surface area contributed by atoms with Crippen molar-refractivity contribution in [3.63, 3.8) is 0 Å². The number of fused-ring (bicyclic) bond motifs is 5. The summed E-state index contributed by atoms with van der Waals surface area (Å²) >= 11 is 1.80. The Morgan fingerprint density at radius 1 is 1.08 bits per heavy atom. The summed E-state index contributed by atoms with van der Waals surface area (Å²) < 4.78 is 16.6. The minimum absolute atomic E-state index is 0.0308. The highest BCUT2D eigenvalue weighted by molar-refractivity contribution is 7.99. The lowest BCUT2D eigenvalue weighted by molar-refractivity contribution is -0.127. The minimum atomic E-state index is -1.15. The fourth-order valence-corrected chi connectivity index (χ4v) is 7.79. The summed E-state index contributed by atoms with van der Waals surface area (Å²) in [4.78, 5) is 31.0. The number of rotatable bonds is 4. The maximum Gasteiger partial charge on any atom is 0.250 e. The number of anilines is 1. The number of hydrogen-bond donors (Lipinski definition) is 1. The van der Waals surface area contributed by atoms with E-state index >= 15 is 0 Å². The Bertz CT molecular complexity index is 1400. The zero-order chi connectivity index (χ0) is 24.4. The average Bonchev–Trinajstić information content (AvgIpc) is 3.68. The molecule has 1 spiro atoms. The number of Topliss-reactive ketones (excluding diaryl/α,β-unsaturated/α-hetero) is 1. The Morgan fingerprint density at radius 3 is 2.75 bits per heavy atom. The van der Waals surface area contributed by atoms with E-state index in [2.05, 4.69) is 22.3 Å². The van der Waals surface area contributed by atoms with Gasteiger partial charge in [-0.25, -0.2) is 0 Å². The first-order valence-corrected chi connectivity index (χ1v) is 13.1. The number of nitrogens with zero attached hydrogens (tertiary/aromatic N) is 1. The van der Waals surface area contributed by atoms with Gasteiger partial charge in [-0.15, -0.1) is 11.8 Å². The van der Waals surface area contributed by atoms with Crippen LogP contribution >= 0.6 is 11.8 Å². The van der Waals surface area contributed by atoms with Crippen LogP contribution in [0.1, 0.15) is 27.4 Å². The number of carbonyl (C=O) groups is 2. The summed E-state index contributed by atoms with van der Waals surface area (Å²) in [7, 11) is 1.61. The second-order valence-electron chi connectivity index (χ2n) is 9.52. The molecule has 0 saturated carbocycles. The molecule has 4 heterocycles. The molecule has 4 aliphatic heterocycles. The maximum atomic E-state index is 14.6. The van der Waals surface area contributed by atoms with Gasteiger partial charge in [0.05, 0.1) is 13.0 Å². The molecule has 7 rings (SSSR count). The van der Waals surface area contributed by atoms with Crippen molar-refractivity contribution in [2.24, 2.45) is 5.92 Å². The first-order valence-electron chi connectivity index (χ1n) is 12.0. The van der Waals surface area contributed by atoms with E-state index in [0.717, 1.165) is 22.6 Å². The first-order chi connectivity index (χ1) is 17.6. The van der Waals surface area contributed by atoms with Gasteiger partial charge in [-0.3, -0.25) is 14.5 Å². The highest BCUT2D eigenvalue weighted by Crippen LogP contribution is 2.61. The summed E-state index contributed by atoms with van der Waals surface area (Å²) in [5, 5.41) is 3.10. The summed E-state index contributed by atoms with van der Waals surface area (Å²) in [5.74, 6) is 2.31. The molecule has 0 bridgehead atoms. The number of ether oxygens (including phenoxy) is 3. The van der Waals surface area contributed by atoms with Crippen LogP contribution in [0.4, 0.5) is 5.69 Å². The molecule has 36 heavy (non-hydrogen) atoms. The lowest BCUT2D eigenvalue weighted by Crippen LogP contribution is -2.52. The van der Waals surface area contributed by atoms with Gasteiger partial charge in [-0.2, -0.15) is 0 Å². The van der Waals surface area contributed by atoms with E-state index in [1.54, 1.807) is 37.1 Å². The third-order valence-electron chi connectivity index (χ3n) is 7.95. The lowest BCUT2D eigenvalue weighted by Gasteiger charge is -2.36. The Balaban J connectivity index is 1.47. The fraction of sp³-hybridized carbons (Fsp3) is 0.286. The number of benzene rings is 3. The van der Waals surface area contributed by atoms with Gasteiger partial charge in [0.15, 0.2) is 17.3 Å². The van der Waals surface area contributed by atoms with E-state index in [0.29, 0.717) is 28.7 Å². The number of methoxy groups -OCH3 is 1. The molecule has 3 aromatic carbocycles. The normalized spacial score (nSPS) is 27.7. The van der Waals surface area contributed by atoms with Crippen LogP contribution in [-0.2, 0) is 10.3 Å². The van der Waals surface area contributed by atoms with Crippen molar-refractivity contribution in [3.8, 4) is 17.2 Å². The standard InChI is InChI=1S/C28H24N2O5S/c1-33-18-8-9-20-19(12-18)28(27(32)29-20)25(26(31)17-7-10-22-23(11-17)35-15-34-22)24(16-5-3-2-4-6-16)21-13-36-14-30(21)28/h2-12,21,24-25H,13-15H2,1H3,(H,29,32)/t21-,24-,25+,28-/m1/s1. The van der Waals surface area contributed by atoms with Crippen LogP contribution < -0.4 is 19.5 Å². The van der Waals surface area contributed by atoms with E-state index in [-0.39, 0.29) is 30.4 Å². The van der Waals surface area contributed by atoms with Gasteiger partial charge in [0.2, 0.25) is 12.7 Å². The highest BCUT2D eigenvalue weighted by atomic mass is 32.2. The topological polar surface area (TPSA) is 77.1 Å². The van der Waals surface area contributed by atoms with E-state index in [9.17, 15) is 9.59 Å². The third-order valence-corrected chi connectivity index (χ3v) is 8.99. The van der Waals surface area contributed by atoms with Crippen molar-refractivity contribution < 1.29 is 23.8 Å². The largest absolute Gasteiger partial charge is 0.497 e. The van der Waals surface area contributed by atoms with Gasteiger partial charge in [0, 0.05) is 40.4 Å². The van der Waals surface area contributed by atoms with Gasteiger partial charge in [-0.05, 0) is 42.0 Å². The second-order valence-corrected chi connectivity index (χ2v) is 10.5. The molecule has 0 unspecified atom stereocenters. The van der Waals surface area contributed by atoms with Crippen molar-refractivity contribution in [1.82, 2.24) is 4.90 Å². The Hall–Kier alpha value is -3.49. The van der Waals surface area contributed by atoms with Crippen molar-refractivity contribution in [1.29, 1.82) is 0 Å². The average molecular weight is 501 g/mol. The highest BCUT2D eigenvalue weighted by Gasteiger charge is 2.69. The molecular formula is C28H24N2O5S. The fourth-order valence-electron chi connectivity index (χ4n) is 6.46. The number of carbonyl (C=O) groups excluding carboxylic acids is 2. The summed E-state index contributed by atoms with van der Waals surface area (Å²) in [6.07, 6.45) is 0. The predicted molar refractivity (Wildman–Crippen MR) is 136 cm³/mol. The molecule has 0 aromatic heterocycles. The number of thioether (sulfide) groups is 1. The van der Waals surface area contributed by atoms with Crippen LogP contribution in [0.3, 0.4) is 0 Å². The molecule has 2 fully saturated rings. The summed E-state index contributed by atoms with van der Waals surface area (Å²) in [5.41, 5.74) is 1.97. The van der Waals surface area contributed by atoms with Gasteiger partial charge in [0.25, 0.3) is 0 Å². The molecule has 2 saturated heterocycles. The van der Waals surface area contributed by atoms with E-state index in [1.165, 1.54) is 0 Å². The number of hydrogen-bond acceptors (Lipinski definition) is 7. The van der Waals surface area contributed by atoms with Crippen LogP contribution in [-0.4, -0.2) is 48.2 Å². The molecule has 0 radical (unpaired) electrons. The van der Waals surface area contributed by atoms with Gasteiger partial charge < -0.3 is 19.5 Å². The smallest absolute Gasteiger partial charge is 0.250 e. The quantitative estimate of drug-likeness (QED) is 0.537. The Labute approximate surface area is 212 Å². The number of ketones is 1. The van der Waals surface area contributed by atoms with Crippen molar-refractivity contribution in [3.05, 3.63) is 83.4 Å². The Morgan fingerprint density at radius 2 is 1.92 bits per heavy atom. The van der Waals surface area contributed by atoms with Crippen LogP contribution in [0, 0.1) is 5.92 Å². The maximum absolute atomic E-state index is 14.6. The van der Waals surface area contributed by atoms with E-state index in [4.69, 9.17) is 14.2 Å². The molecule has 4 aliphatic rings. The molecule has 3 aromatic rings.